The molecular formula is C33H42N8O3. The maximum absolute atomic E-state index is 12.3. The van der Waals surface area contributed by atoms with Gasteiger partial charge in [0.25, 0.3) is 5.56 Å². The number of carbonyl (C=O) groups is 2. The number of amides is 2. The number of rotatable bonds is 7. The fraction of sp³-hybridized carbons (Fsp3) is 0.485. The number of likely N-dealkylation sites (N-methyl/N-ethyl adjacent to an activating group) is 1. The first kappa shape index (κ1) is 30.0. The lowest BCUT2D eigenvalue weighted by Gasteiger charge is -2.37. The van der Waals surface area contributed by atoms with Crippen molar-refractivity contribution in [1.29, 1.82) is 0 Å². The smallest absolute Gasteiger partial charge is 0.271 e. The van der Waals surface area contributed by atoms with E-state index in [0.717, 1.165) is 69.2 Å². The number of anilines is 2. The maximum atomic E-state index is 12.3. The number of imide groups is 1. The monoisotopic (exact) mass is 598 g/mol. The molecule has 3 aliphatic rings. The molecule has 1 unspecified atom stereocenters. The lowest BCUT2D eigenvalue weighted by molar-refractivity contribution is -0.134. The van der Waals surface area contributed by atoms with E-state index in [1.807, 2.05) is 13.1 Å². The number of aryl methyl sites for hydroxylation is 1. The minimum atomic E-state index is -0.318. The molecule has 0 radical (unpaired) electrons. The van der Waals surface area contributed by atoms with Crippen LogP contribution in [0.3, 0.4) is 0 Å². The predicted octanol–water partition coefficient (Wildman–Crippen LogP) is 2.23. The molecule has 11 nitrogen and oxygen atoms in total. The summed E-state index contributed by atoms with van der Waals surface area (Å²) in [6.07, 6.45) is 7.27. The van der Waals surface area contributed by atoms with E-state index in [1.165, 1.54) is 15.8 Å². The molecule has 0 bridgehead atoms. The van der Waals surface area contributed by atoms with Gasteiger partial charge in [-0.1, -0.05) is 24.3 Å². The molecule has 1 aromatic carbocycles. The van der Waals surface area contributed by atoms with Crippen molar-refractivity contribution < 1.29 is 9.59 Å². The minimum absolute atomic E-state index is 0.0660. The van der Waals surface area contributed by atoms with Gasteiger partial charge in [-0.15, -0.1) is 0 Å². The third-order valence-corrected chi connectivity index (χ3v) is 9.35. The van der Waals surface area contributed by atoms with Crippen molar-refractivity contribution in [2.75, 3.05) is 56.5 Å². The van der Waals surface area contributed by atoms with E-state index in [-0.39, 0.29) is 29.3 Å². The Morgan fingerprint density at radius 3 is 2.48 bits per heavy atom. The summed E-state index contributed by atoms with van der Waals surface area (Å²) in [5, 5.41) is 10.2. The van der Waals surface area contributed by atoms with Gasteiger partial charge in [0.1, 0.15) is 0 Å². The van der Waals surface area contributed by atoms with E-state index in [1.54, 1.807) is 19.4 Å². The van der Waals surface area contributed by atoms with E-state index in [2.05, 4.69) is 72.8 Å². The fourth-order valence-corrected chi connectivity index (χ4v) is 6.82. The van der Waals surface area contributed by atoms with Gasteiger partial charge >= 0.3 is 0 Å². The molecule has 11 heteroatoms. The summed E-state index contributed by atoms with van der Waals surface area (Å²) in [6.45, 7) is 8.37. The average Bonchev–Trinajstić information content (AvgIpc) is 3.02. The largest absolute Gasteiger partial charge is 0.379 e. The molecule has 6 rings (SSSR count). The van der Waals surface area contributed by atoms with Crippen molar-refractivity contribution in [2.45, 2.75) is 50.6 Å². The molecule has 0 spiro atoms. The van der Waals surface area contributed by atoms with Gasteiger partial charge in [-0.3, -0.25) is 29.6 Å². The first-order chi connectivity index (χ1) is 21.2. The van der Waals surface area contributed by atoms with Crippen LogP contribution in [0.2, 0.25) is 0 Å². The number of nitrogens with one attached hydrogen (secondary N) is 2. The topological polar surface area (TPSA) is 116 Å². The van der Waals surface area contributed by atoms with E-state index >= 15 is 0 Å². The first-order valence-electron chi connectivity index (χ1n) is 15.6. The van der Waals surface area contributed by atoms with Crippen molar-refractivity contribution in [3.63, 3.8) is 0 Å². The quantitative estimate of drug-likeness (QED) is 0.395. The normalized spacial score (nSPS) is 23.4. The van der Waals surface area contributed by atoms with Crippen molar-refractivity contribution >= 4 is 23.2 Å². The number of hydrogen-bond acceptors (Lipinski definition) is 9. The molecule has 5 heterocycles. The first-order valence-corrected chi connectivity index (χ1v) is 15.6. The molecule has 2 aromatic heterocycles. The molecule has 3 atom stereocenters. The lowest BCUT2D eigenvalue weighted by Crippen LogP contribution is -2.46. The molecule has 44 heavy (non-hydrogen) atoms. The maximum Gasteiger partial charge on any atom is 0.271 e. The van der Waals surface area contributed by atoms with Crippen LogP contribution in [0.1, 0.15) is 53.4 Å². The molecular weight excluding hydrogens is 556 g/mol. The van der Waals surface area contributed by atoms with Gasteiger partial charge in [-0.2, -0.15) is 5.10 Å². The van der Waals surface area contributed by atoms with E-state index in [4.69, 9.17) is 0 Å². The summed E-state index contributed by atoms with van der Waals surface area (Å²) in [5.41, 5.74) is 6.02. The number of benzene rings is 1. The Labute approximate surface area is 258 Å². The average molecular weight is 599 g/mol. The van der Waals surface area contributed by atoms with Gasteiger partial charge in [0.05, 0.1) is 29.7 Å². The molecule has 3 fully saturated rings. The summed E-state index contributed by atoms with van der Waals surface area (Å²) in [4.78, 5) is 47.8. The predicted molar refractivity (Wildman–Crippen MR) is 170 cm³/mol. The Morgan fingerprint density at radius 1 is 0.955 bits per heavy atom. The van der Waals surface area contributed by atoms with Crippen LogP contribution in [0.5, 0.6) is 0 Å². The Kier molecular flexibility index (Phi) is 8.76. The molecule has 2 N–H and O–H groups in total. The van der Waals surface area contributed by atoms with Gasteiger partial charge < -0.3 is 15.1 Å². The SMILES string of the molecule is Cc1c(N[C@@H]2C[C@H](c3ccc(CN4CCN(c5cncc(C6CCC(=O)NC6=O)c5)CC4)cc3)CN(C)C2)cnn(C)c1=O. The third kappa shape index (κ3) is 6.68. The van der Waals surface area contributed by atoms with Crippen molar-refractivity contribution in [3.8, 4) is 0 Å². The Hall–Kier alpha value is -4.09. The highest BCUT2D eigenvalue weighted by Crippen LogP contribution is 2.30. The summed E-state index contributed by atoms with van der Waals surface area (Å²) in [6, 6.07) is 11.4. The van der Waals surface area contributed by atoms with Gasteiger partial charge in [0, 0.05) is 77.1 Å². The summed E-state index contributed by atoms with van der Waals surface area (Å²) in [7, 11) is 3.84. The Morgan fingerprint density at radius 2 is 1.73 bits per heavy atom. The number of pyridine rings is 1. The highest BCUT2D eigenvalue weighted by atomic mass is 16.2. The van der Waals surface area contributed by atoms with E-state index in [9.17, 15) is 14.4 Å². The third-order valence-electron chi connectivity index (χ3n) is 9.35. The Balaban J connectivity index is 1.02. The number of nitrogens with zero attached hydrogens (tertiary/aromatic N) is 6. The van der Waals surface area contributed by atoms with Crippen LogP contribution in [0.15, 0.2) is 53.7 Å². The van der Waals surface area contributed by atoms with Crippen LogP contribution in [-0.2, 0) is 23.2 Å². The molecule has 232 valence electrons. The number of likely N-dealkylation sites (tertiary alicyclic amines) is 1. The van der Waals surface area contributed by atoms with Gasteiger partial charge in [-0.05, 0) is 55.5 Å². The zero-order chi connectivity index (χ0) is 30.8. The highest BCUT2D eigenvalue weighted by Gasteiger charge is 2.29. The highest BCUT2D eigenvalue weighted by molar-refractivity contribution is 6.01. The second-order valence-electron chi connectivity index (χ2n) is 12.6. The number of piperidine rings is 2. The standard InChI is InChI=1S/C33H42N8O3/c1-22-30(18-35-39(3)33(22)44)36-27-14-26(20-38(2)21-27)24-6-4-23(5-7-24)19-40-10-12-41(13-11-40)28-15-25(16-34-17-28)29-8-9-31(42)37-32(29)43/h4-7,15-18,26-27,29,36H,8-14,19-21H2,1-3H3,(H,37,42,43)/t26-,27+,29?/m0/s1. The number of aromatic nitrogens is 3. The number of carbonyl (C=O) groups excluding carboxylic acids is 2. The second-order valence-corrected chi connectivity index (χ2v) is 12.6. The minimum Gasteiger partial charge on any atom is -0.379 e. The van der Waals surface area contributed by atoms with Crippen LogP contribution >= 0.6 is 0 Å². The van der Waals surface area contributed by atoms with Crippen LogP contribution in [-0.4, -0.2) is 88.7 Å². The fourth-order valence-electron chi connectivity index (χ4n) is 6.82. The molecule has 3 aromatic rings. The van der Waals surface area contributed by atoms with Crippen molar-refractivity contribution in [3.05, 3.63) is 81.5 Å². The zero-order valence-corrected chi connectivity index (χ0v) is 25.8. The molecule has 0 saturated carbocycles. The molecule has 3 saturated heterocycles. The summed E-state index contributed by atoms with van der Waals surface area (Å²) < 4.78 is 1.37. The second kappa shape index (κ2) is 12.9. The van der Waals surface area contributed by atoms with Gasteiger partial charge in [0.2, 0.25) is 11.8 Å². The van der Waals surface area contributed by atoms with Crippen LogP contribution in [0, 0.1) is 6.92 Å². The van der Waals surface area contributed by atoms with Crippen LogP contribution in [0.4, 0.5) is 11.4 Å². The zero-order valence-electron chi connectivity index (χ0n) is 25.8. The van der Waals surface area contributed by atoms with Gasteiger partial charge in [-0.25, -0.2) is 4.68 Å². The molecule has 3 aliphatic heterocycles. The van der Waals surface area contributed by atoms with Crippen LogP contribution in [0.25, 0.3) is 0 Å². The van der Waals surface area contributed by atoms with Crippen molar-refractivity contribution in [2.24, 2.45) is 7.05 Å². The van der Waals surface area contributed by atoms with Crippen LogP contribution < -0.4 is 21.1 Å². The van der Waals surface area contributed by atoms with E-state index in [0.29, 0.717) is 24.3 Å². The van der Waals surface area contributed by atoms with Crippen molar-refractivity contribution in [1.82, 2.24) is 29.9 Å². The Bertz CT molecular complexity index is 1560. The van der Waals surface area contributed by atoms with E-state index < -0.39 is 0 Å². The molecule has 2 amide bonds. The van der Waals surface area contributed by atoms with Gasteiger partial charge in [0.15, 0.2) is 0 Å². The number of hydrogen-bond donors (Lipinski definition) is 2. The number of piperazine rings is 1. The molecule has 0 aliphatic carbocycles. The lowest BCUT2D eigenvalue weighted by atomic mass is 9.87. The summed E-state index contributed by atoms with van der Waals surface area (Å²) in [5.74, 6) is -0.332. The summed E-state index contributed by atoms with van der Waals surface area (Å²) >= 11 is 0.